The molecule has 116 valence electrons. The van der Waals surface area contributed by atoms with E-state index in [1.165, 1.54) is 18.2 Å². The Hall–Kier alpha value is -1.38. The van der Waals surface area contributed by atoms with E-state index in [9.17, 15) is 8.78 Å². The first-order chi connectivity index (χ1) is 10.3. The number of hydrogen-bond acceptors (Lipinski definition) is 0. The second kappa shape index (κ2) is 6.80. The first-order valence-electron chi connectivity index (χ1n) is 6.87. The van der Waals surface area contributed by atoms with Crippen LogP contribution in [-0.4, -0.2) is 0 Å². The molecule has 0 nitrogen and oxygen atoms in total. The fourth-order valence-corrected chi connectivity index (χ4v) is 2.46. The van der Waals surface area contributed by atoms with Gasteiger partial charge in [-0.15, -0.1) is 0 Å². The molecule has 0 saturated heterocycles. The molecule has 0 aliphatic heterocycles. The van der Waals surface area contributed by atoms with Crippen LogP contribution in [0.3, 0.4) is 0 Å². The fourth-order valence-electron chi connectivity index (χ4n) is 2.13. The molecule has 0 N–H and O–H groups in total. The van der Waals surface area contributed by atoms with E-state index >= 15 is 0 Å². The van der Waals surface area contributed by atoms with Crippen LogP contribution < -0.4 is 0 Å². The van der Waals surface area contributed by atoms with E-state index < -0.39 is 11.2 Å². The van der Waals surface area contributed by atoms with Gasteiger partial charge in [0.2, 0.25) is 0 Å². The fraction of sp³-hybridized carbons (Fsp3) is 0.222. The van der Waals surface area contributed by atoms with Crippen LogP contribution >= 0.6 is 23.2 Å². The molecule has 4 heteroatoms. The predicted octanol–water partition coefficient (Wildman–Crippen LogP) is 6.51. The highest BCUT2D eigenvalue weighted by Crippen LogP contribution is 2.33. The van der Waals surface area contributed by atoms with Crippen molar-refractivity contribution in [3.05, 3.63) is 81.4 Å². The number of benzene rings is 2. The first kappa shape index (κ1) is 17.0. The number of allylic oxidation sites excluding steroid dienone is 2. The zero-order chi connectivity index (χ0) is 16.3. The SMILES string of the molecule is CC(C)(C(F)=CCc1ccc(F)c(Cl)c1)c1ccc(Cl)cc1. The van der Waals surface area contributed by atoms with Crippen molar-refractivity contribution in [3.8, 4) is 0 Å². The van der Waals surface area contributed by atoms with Crippen LogP contribution in [0.25, 0.3) is 0 Å². The minimum atomic E-state index is -0.756. The zero-order valence-corrected chi connectivity index (χ0v) is 13.8. The predicted molar refractivity (Wildman–Crippen MR) is 88.8 cm³/mol. The van der Waals surface area contributed by atoms with Crippen molar-refractivity contribution >= 4 is 23.2 Å². The second-order valence-corrected chi connectivity index (χ2v) is 6.48. The molecule has 22 heavy (non-hydrogen) atoms. The monoisotopic (exact) mass is 340 g/mol. The summed E-state index contributed by atoms with van der Waals surface area (Å²) in [5.74, 6) is -0.730. The van der Waals surface area contributed by atoms with Gasteiger partial charge >= 0.3 is 0 Å². The van der Waals surface area contributed by atoms with Gasteiger partial charge in [0.15, 0.2) is 0 Å². The maximum atomic E-state index is 14.6. The molecule has 2 rings (SSSR count). The molecule has 0 heterocycles. The Kier molecular flexibility index (Phi) is 5.25. The molecule has 0 saturated carbocycles. The van der Waals surface area contributed by atoms with Crippen LogP contribution in [0.1, 0.15) is 25.0 Å². The van der Waals surface area contributed by atoms with Crippen molar-refractivity contribution in [3.63, 3.8) is 0 Å². The standard InChI is InChI=1S/C18H16Cl2F2/c1-18(2,13-5-7-14(19)8-6-13)17(22)10-4-12-3-9-16(21)15(20)11-12/h3,5-11H,4H2,1-2H3. The lowest BCUT2D eigenvalue weighted by Gasteiger charge is -2.23. The normalized spacial score (nSPS) is 12.5. The van der Waals surface area contributed by atoms with Crippen LogP contribution in [-0.2, 0) is 11.8 Å². The minimum Gasteiger partial charge on any atom is -0.211 e. The van der Waals surface area contributed by atoms with E-state index in [4.69, 9.17) is 23.2 Å². The van der Waals surface area contributed by atoms with Gasteiger partial charge in [-0.3, -0.25) is 0 Å². The van der Waals surface area contributed by atoms with Gasteiger partial charge in [-0.2, -0.15) is 0 Å². The molecule has 0 spiro atoms. The molecule has 2 aromatic rings. The maximum Gasteiger partial charge on any atom is 0.141 e. The van der Waals surface area contributed by atoms with Gasteiger partial charge in [-0.1, -0.05) is 41.4 Å². The van der Waals surface area contributed by atoms with E-state index in [1.54, 1.807) is 32.0 Å². The Labute approximate surface area is 139 Å². The van der Waals surface area contributed by atoms with Crippen molar-refractivity contribution in [2.45, 2.75) is 25.7 Å². The molecule has 0 aromatic heterocycles. The summed E-state index contributed by atoms with van der Waals surface area (Å²) in [7, 11) is 0. The van der Waals surface area contributed by atoms with E-state index in [0.717, 1.165) is 11.1 Å². The van der Waals surface area contributed by atoms with Crippen LogP contribution in [0.2, 0.25) is 10.0 Å². The number of halogens is 4. The summed E-state index contributed by atoms with van der Waals surface area (Å²) < 4.78 is 27.7. The molecule has 0 aliphatic rings. The van der Waals surface area contributed by atoms with Gasteiger partial charge in [0.1, 0.15) is 11.6 Å². The molecule has 2 aromatic carbocycles. The Morgan fingerprint density at radius 1 is 1.09 bits per heavy atom. The molecule has 0 fully saturated rings. The van der Waals surface area contributed by atoms with Gasteiger partial charge in [0.05, 0.1) is 5.02 Å². The van der Waals surface area contributed by atoms with Crippen LogP contribution in [0.15, 0.2) is 54.4 Å². The Balaban J connectivity index is 2.19. The highest BCUT2D eigenvalue weighted by Gasteiger charge is 2.25. The van der Waals surface area contributed by atoms with Gasteiger partial charge in [0.25, 0.3) is 0 Å². The Morgan fingerprint density at radius 2 is 1.73 bits per heavy atom. The lowest BCUT2D eigenvalue weighted by molar-refractivity contribution is 0.455. The van der Waals surface area contributed by atoms with Crippen LogP contribution in [0.5, 0.6) is 0 Å². The third-order valence-corrected chi connectivity index (χ3v) is 4.21. The summed E-state index contributed by atoms with van der Waals surface area (Å²) in [5.41, 5.74) is 0.838. The molecule has 0 unspecified atom stereocenters. The van der Waals surface area contributed by atoms with Crippen molar-refractivity contribution in [1.29, 1.82) is 0 Å². The molecule has 0 bridgehead atoms. The van der Waals surface area contributed by atoms with Crippen molar-refractivity contribution in [2.24, 2.45) is 0 Å². The summed E-state index contributed by atoms with van der Waals surface area (Å²) in [5, 5.41) is 0.660. The summed E-state index contributed by atoms with van der Waals surface area (Å²) in [4.78, 5) is 0. The summed E-state index contributed by atoms with van der Waals surface area (Å²) in [6.07, 6.45) is 1.85. The van der Waals surface area contributed by atoms with Crippen LogP contribution in [0, 0.1) is 5.82 Å². The van der Waals surface area contributed by atoms with Gasteiger partial charge < -0.3 is 0 Å². The van der Waals surface area contributed by atoms with Crippen molar-refractivity contribution in [2.75, 3.05) is 0 Å². The first-order valence-corrected chi connectivity index (χ1v) is 7.62. The molecule has 0 aliphatic carbocycles. The molecule has 0 radical (unpaired) electrons. The highest BCUT2D eigenvalue weighted by molar-refractivity contribution is 6.31. The van der Waals surface area contributed by atoms with E-state index in [2.05, 4.69) is 0 Å². The Bertz CT molecular complexity index is 689. The van der Waals surface area contributed by atoms with Crippen molar-refractivity contribution in [1.82, 2.24) is 0 Å². The maximum absolute atomic E-state index is 14.6. The molecule has 0 atom stereocenters. The van der Waals surface area contributed by atoms with Crippen LogP contribution in [0.4, 0.5) is 8.78 Å². The van der Waals surface area contributed by atoms with Gasteiger partial charge in [-0.05, 0) is 61.7 Å². The smallest absolute Gasteiger partial charge is 0.141 e. The second-order valence-electron chi connectivity index (χ2n) is 5.64. The third-order valence-electron chi connectivity index (χ3n) is 3.66. The van der Waals surface area contributed by atoms with Gasteiger partial charge in [-0.25, -0.2) is 8.78 Å². The van der Waals surface area contributed by atoms with E-state index in [1.807, 2.05) is 12.1 Å². The molecular weight excluding hydrogens is 325 g/mol. The molecule has 0 amide bonds. The molecular formula is C18H16Cl2F2. The third kappa shape index (κ3) is 3.88. The summed E-state index contributed by atoms with van der Waals surface area (Å²) in [6.45, 7) is 3.61. The average molecular weight is 341 g/mol. The largest absolute Gasteiger partial charge is 0.211 e. The quantitative estimate of drug-likeness (QED) is 0.595. The van der Waals surface area contributed by atoms with Crippen molar-refractivity contribution < 1.29 is 8.78 Å². The van der Waals surface area contributed by atoms with E-state index in [0.29, 0.717) is 11.4 Å². The highest BCUT2D eigenvalue weighted by atomic mass is 35.5. The Morgan fingerprint density at radius 3 is 2.32 bits per heavy atom. The summed E-state index contributed by atoms with van der Waals surface area (Å²) in [6, 6.07) is 11.5. The van der Waals surface area contributed by atoms with Gasteiger partial charge in [0, 0.05) is 10.4 Å². The lowest BCUT2D eigenvalue weighted by atomic mass is 9.83. The number of rotatable bonds is 4. The topological polar surface area (TPSA) is 0 Å². The summed E-state index contributed by atoms with van der Waals surface area (Å²) >= 11 is 11.6. The van der Waals surface area contributed by atoms with E-state index in [-0.39, 0.29) is 10.8 Å². The minimum absolute atomic E-state index is 0.0447. The average Bonchev–Trinajstić information content (AvgIpc) is 2.48. The number of hydrogen-bond donors (Lipinski definition) is 0. The zero-order valence-electron chi connectivity index (χ0n) is 12.3. The lowest BCUT2D eigenvalue weighted by Crippen LogP contribution is -2.18.